The van der Waals surface area contributed by atoms with E-state index >= 15 is 0 Å². The van der Waals surface area contributed by atoms with Gasteiger partial charge in [-0.05, 0) is 29.8 Å². The number of hydrogen-bond donors (Lipinski definition) is 1. The Hall–Kier alpha value is -3.54. The Morgan fingerprint density at radius 3 is 2.25 bits per heavy atom. The molecule has 0 aliphatic rings. The molecule has 144 valence electrons. The molecule has 0 bridgehead atoms. The van der Waals surface area contributed by atoms with Crippen molar-refractivity contribution in [2.75, 3.05) is 31.5 Å². The van der Waals surface area contributed by atoms with Crippen LogP contribution < -0.4 is 19.7 Å². The number of rotatable bonds is 7. The summed E-state index contributed by atoms with van der Waals surface area (Å²) in [5.74, 6) is 1.30. The van der Waals surface area contributed by atoms with Gasteiger partial charge in [0.1, 0.15) is 17.3 Å². The number of carbonyl (C=O) groups is 1. The quantitative estimate of drug-likeness (QED) is 0.675. The van der Waals surface area contributed by atoms with Crippen LogP contribution in [0.15, 0.2) is 66.9 Å². The van der Waals surface area contributed by atoms with Gasteiger partial charge in [-0.25, -0.2) is 4.98 Å². The molecule has 1 N–H and O–H groups in total. The summed E-state index contributed by atoms with van der Waals surface area (Å²) in [5, 5.41) is 2.80. The third kappa shape index (κ3) is 4.79. The summed E-state index contributed by atoms with van der Waals surface area (Å²) in [6.07, 6.45) is 1.74. The minimum Gasteiger partial charge on any atom is -0.497 e. The van der Waals surface area contributed by atoms with Crippen LogP contribution in [0.2, 0.25) is 0 Å². The first-order valence-electron chi connectivity index (χ1n) is 8.84. The highest BCUT2D eigenvalue weighted by atomic mass is 16.5. The second-order valence-electron chi connectivity index (χ2n) is 6.30. The highest BCUT2D eigenvalue weighted by Crippen LogP contribution is 2.23. The molecule has 0 spiro atoms. The Morgan fingerprint density at radius 1 is 1.00 bits per heavy atom. The van der Waals surface area contributed by atoms with Crippen molar-refractivity contribution in [3.63, 3.8) is 0 Å². The Bertz CT molecular complexity index is 905. The Kier molecular flexibility index (Phi) is 6.11. The zero-order valence-electron chi connectivity index (χ0n) is 16.2. The molecule has 0 atom stereocenters. The minimum atomic E-state index is -0.282. The number of hydrogen-bond acceptors (Lipinski definition) is 5. The zero-order chi connectivity index (χ0) is 19.9. The summed E-state index contributed by atoms with van der Waals surface area (Å²) in [6.45, 7) is 0.776. The number of anilines is 2. The summed E-state index contributed by atoms with van der Waals surface area (Å²) < 4.78 is 10.4. The Morgan fingerprint density at radius 2 is 1.68 bits per heavy atom. The number of nitrogens with zero attached hydrogens (tertiary/aromatic N) is 2. The molecule has 0 radical (unpaired) electrons. The largest absolute Gasteiger partial charge is 0.497 e. The maximum atomic E-state index is 12.5. The molecular weight excluding hydrogens is 354 g/mol. The lowest BCUT2D eigenvalue weighted by atomic mass is 10.2. The summed E-state index contributed by atoms with van der Waals surface area (Å²) in [5.41, 5.74) is 2.61. The van der Waals surface area contributed by atoms with Crippen LogP contribution in [0.1, 0.15) is 15.9 Å². The van der Waals surface area contributed by atoms with Crippen LogP contribution in [0, 0.1) is 0 Å². The number of ether oxygens (including phenoxy) is 2. The van der Waals surface area contributed by atoms with Crippen molar-refractivity contribution in [1.82, 2.24) is 4.98 Å². The first-order chi connectivity index (χ1) is 13.6. The van der Waals surface area contributed by atoms with Gasteiger partial charge in [0.2, 0.25) is 0 Å². The van der Waals surface area contributed by atoms with Crippen molar-refractivity contribution in [2.24, 2.45) is 0 Å². The highest BCUT2D eigenvalue weighted by molar-refractivity contribution is 6.04. The number of carbonyl (C=O) groups excluding carboxylic acids is 1. The normalized spacial score (nSPS) is 10.2. The van der Waals surface area contributed by atoms with Crippen molar-refractivity contribution in [1.29, 1.82) is 0 Å². The van der Waals surface area contributed by atoms with Gasteiger partial charge in [0.15, 0.2) is 0 Å². The fraction of sp³-hybridized carbons (Fsp3) is 0.182. The average Bonchev–Trinajstić information content (AvgIpc) is 2.74. The predicted octanol–water partition coefficient (Wildman–Crippen LogP) is 3.99. The summed E-state index contributed by atoms with van der Waals surface area (Å²) >= 11 is 0. The van der Waals surface area contributed by atoms with Crippen LogP contribution in [0.5, 0.6) is 11.5 Å². The van der Waals surface area contributed by atoms with E-state index in [1.54, 1.807) is 44.7 Å². The second-order valence-corrected chi connectivity index (χ2v) is 6.30. The number of pyridine rings is 1. The molecule has 0 fully saturated rings. The lowest BCUT2D eigenvalue weighted by Gasteiger charge is -2.19. The fourth-order valence-corrected chi connectivity index (χ4v) is 2.76. The summed E-state index contributed by atoms with van der Waals surface area (Å²) in [4.78, 5) is 19.0. The van der Waals surface area contributed by atoms with E-state index < -0.39 is 0 Å². The highest BCUT2D eigenvalue weighted by Gasteiger charge is 2.11. The van der Waals surface area contributed by atoms with Gasteiger partial charge in [-0.3, -0.25) is 4.79 Å². The third-order valence-corrected chi connectivity index (χ3v) is 4.31. The van der Waals surface area contributed by atoms with E-state index in [0.717, 1.165) is 12.2 Å². The van der Waals surface area contributed by atoms with Gasteiger partial charge in [0.05, 0.1) is 26.1 Å². The van der Waals surface area contributed by atoms with Gasteiger partial charge in [-0.1, -0.05) is 30.3 Å². The average molecular weight is 377 g/mol. The molecule has 1 amide bonds. The van der Waals surface area contributed by atoms with Crippen LogP contribution in [0.25, 0.3) is 0 Å². The van der Waals surface area contributed by atoms with E-state index in [1.807, 2.05) is 31.3 Å². The minimum absolute atomic E-state index is 0.282. The van der Waals surface area contributed by atoms with Gasteiger partial charge < -0.3 is 19.7 Å². The molecule has 1 aromatic heterocycles. The number of aromatic nitrogens is 1. The maximum Gasteiger partial charge on any atom is 0.257 e. The Balaban J connectivity index is 1.68. The topological polar surface area (TPSA) is 63.7 Å². The fourth-order valence-electron chi connectivity index (χ4n) is 2.76. The van der Waals surface area contributed by atoms with Crippen LogP contribution in [-0.4, -0.2) is 32.2 Å². The van der Waals surface area contributed by atoms with Crippen LogP contribution >= 0.6 is 0 Å². The SMILES string of the molecule is COc1cc(OC)cc(C(=O)Nc2ccc(N(C)Cc3ccccc3)cn2)c1. The van der Waals surface area contributed by atoms with E-state index in [-0.39, 0.29) is 5.91 Å². The van der Waals surface area contributed by atoms with Crippen molar-refractivity contribution < 1.29 is 14.3 Å². The third-order valence-electron chi connectivity index (χ3n) is 4.31. The van der Waals surface area contributed by atoms with E-state index in [9.17, 15) is 4.79 Å². The molecule has 0 aliphatic heterocycles. The van der Waals surface area contributed by atoms with Crippen molar-refractivity contribution >= 4 is 17.4 Å². The number of amides is 1. The molecule has 0 saturated heterocycles. The first-order valence-corrected chi connectivity index (χ1v) is 8.84. The van der Waals surface area contributed by atoms with Crippen molar-refractivity contribution in [3.05, 3.63) is 78.0 Å². The van der Waals surface area contributed by atoms with E-state index in [0.29, 0.717) is 22.9 Å². The standard InChI is InChI=1S/C22H23N3O3/c1-25(15-16-7-5-4-6-8-16)18-9-10-21(23-14-18)24-22(26)17-11-19(27-2)13-20(12-17)28-3/h4-14H,15H2,1-3H3,(H,23,24,26). The van der Waals surface area contributed by atoms with E-state index in [1.165, 1.54) is 5.56 Å². The molecule has 3 aromatic rings. The van der Waals surface area contributed by atoms with E-state index in [2.05, 4.69) is 27.3 Å². The monoisotopic (exact) mass is 377 g/mol. The van der Waals surface area contributed by atoms with E-state index in [4.69, 9.17) is 9.47 Å². The van der Waals surface area contributed by atoms with Crippen molar-refractivity contribution in [2.45, 2.75) is 6.54 Å². The maximum absolute atomic E-state index is 12.5. The smallest absolute Gasteiger partial charge is 0.257 e. The van der Waals surface area contributed by atoms with Crippen LogP contribution in [0.3, 0.4) is 0 Å². The molecule has 0 aliphatic carbocycles. The van der Waals surface area contributed by atoms with Gasteiger partial charge in [0.25, 0.3) is 5.91 Å². The molecular formula is C22H23N3O3. The van der Waals surface area contributed by atoms with Crippen LogP contribution in [-0.2, 0) is 6.54 Å². The number of methoxy groups -OCH3 is 2. The molecule has 0 saturated carbocycles. The van der Waals surface area contributed by atoms with Crippen molar-refractivity contribution in [3.8, 4) is 11.5 Å². The molecule has 2 aromatic carbocycles. The predicted molar refractivity (Wildman–Crippen MR) is 110 cm³/mol. The second kappa shape index (κ2) is 8.90. The van der Waals surface area contributed by atoms with Gasteiger partial charge in [0, 0.05) is 25.2 Å². The zero-order valence-corrected chi connectivity index (χ0v) is 16.2. The summed E-state index contributed by atoms with van der Waals surface area (Å²) in [6, 6.07) is 18.9. The first kappa shape index (κ1) is 19.2. The lowest BCUT2D eigenvalue weighted by Crippen LogP contribution is -2.17. The summed E-state index contributed by atoms with van der Waals surface area (Å²) in [7, 11) is 5.09. The molecule has 6 nitrogen and oxygen atoms in total. The van der Waals surface area contributed by atoms with Gasteiger partial charge >= 0.3 is 0 Å². The van der Waals surface area contributed by atoms with Gasteiger partial charge in [-0.2, -0.15) is 0 Å². The number of benzene rings is 2. The van der Waals surface area contributed by atoms with Gasteiger partial charge in [-0.15, -0.1) is 0 Å². The molecule has 6 heteroatoms. The number of nitrogens with one attached hydrogen (secondary N) is 1. The Labute approximate surface area is 164 Å². The molecule has 1 heterocycles. The molecule has 0 unspecified atom stereocenters. The molecule has 3 rings (SSSR count). The molecule has 28 heavy (non-hydrogen) atoms. The van der Waals surface area contributed by atoms with Crippen LogP contribution in [0.4, 0.5) is 11.5 Å². The lowest BCUT2D eigenvalue weighted by molar-refractivity contribution is 0.102.